The van der Waals surface area contributed by atoms with Crippen molar-refractivity contribution < 1.29 is 9.53 Å². The molecule has 0 bridgehead atoms. The summed E-state index contributed by atoms with van der Waals surface area (Å²) >= 11 is 0. The summed E-state index contributed by atoms with van der Waals surface area (Å²) in [6, 6.07) is 9.92. The molecule has 0 aliphatic heterocycles. The molecule has 0 spiro atoms. The number of esters is 1. The topological polar surface area (TPSA) is 39.2 Å². The molecular weight excluding hydrogens is 202 g/mol. The van der Waals surface area contributed by atoms with Gasteiger partial charge in [0.15, 0.2) is 0 Å². The molecule has 0 saturated heterocycles. The van der Waals surface area contributed by atoms with Crippen LogP contribution in [0.25, 0.3) is 10.8 Å². The van der Waals surface area contributed by atoms with Gasteiger partial charge in [0.1, 0.15) is 0 Å². The fraction of sp³-hybridized carbons (Fsp3) is 0.231. The second kappa shape index (κ2) is 4.31. The van der Waals surface area contributed by atoms with Gasteiger partial charge in [0, 0.05) is 11.1 Å². The van der Waals surface area contributed by atoms with Gasteiger partial charge in [-0.05, 0) is 18.4 Å². The lowest BCUT2D eigenvalue weighted by molar-refractivity contribution is -0.139. The zero-order valence-corrected chi connectivity index (χ0v) is 9.36. The number of carbonyl (C=O) groups is 1. The molecule has 0 fully saturated rings. The highest BCUT2D eigenvalue weighted by molar-refractivity contribution is 5.87. The summed E-state index contributed by atoms with van der Waals surface area (Å²) in [5.74, 6) is -0.261. The van der Waals surface area contributed by atoms with Crippen LogP contribution in [0.3, 0.4) is 0 Å². The Morgan fingerprint density at radius 1 is 1.38 bits per heavy atom. The summed E-state index contributed by atoms with van der Waals surface area (Å²) in [5, 5.41) is 2.12. The van der Waals surface area contributed by atoms with Crippen molar-refractivity contribution >= 4 is 16.7 Å². The van der Waals surface area contributed by atoms with Gasteiger partial charge in [-0.1, -0.05) is 24.3 Å². The fourth-order valence-electron chi connectivity index (χ4n) is 1.76. The second-order valence-electron chi connectivity index (χ2n) is 3.68. The average molecular weight is 215 g/mol. The first-order valence-electron chi connectivity index (χ1n) is 5.13. The molecule has 1 aromatic heterocycles. The van der Waals surface area contributed by atoms with Crippen LogP contribution in [0.2, 0.25) is 0 Å². The van der Waals surface area contributed by atoms with Gasteiger partial charge in [-0.3, -0.25) is 9.78 Å². The Kier molecular flexibility index (Phi) is 2.86. The van der Waals surface area contributed by atoms with Crippen molar-refractivity contribution in [2.75, 3.05) is 7.11 Å². The Balaban J connectivity index is 2.54. The van der Waals surface area contributed by atoms with E-state index >= 15 is 0 Å². The predicted molar refractivity (Wildman–Crippen MR) is 62.2 cm³/mol. The molecule has 1 aromatic carbocycles. The molecule has 0 atom stereocenters. The van der Waals surface area contributed by atoms with Gasteiger partial charge in [0.05, 0.1) is 19.2 Å². The molecule has 2 aromatic rings. The number of nitrogens with zero attached hydrogens (tertiary/aromatic N) is 1. The standard InChI is InChI=1S/C13H13NO2/c1-9-7-10-5-3-4-6-11(10)12(14-9)8-13(15)16-2/h3-7H,8H2,1-2H3. The van der Waals surface area contributed by atoms with Crippen LogP contribution in [0.1, 0.15) is 11.4 Å². The van der Waals surface area contributed by atoms with Crippen molar-refractivity contribution in [3.63, 3.8) is 0 Å². The minimum atomic E-state index is -0.261. The van der Waals surface area contributed by atoms with E-state index in [0.29, 0.717) is 0 Å². The number of methoxy groups -OCH3 is 1. The molecule has 0 N–H and O–H groups in total. The second-order valence-corrected chi connectivity index (χ2v) is 3.68. The van der Waals surface area contributed by atoms with Crippen molar-refractivity contribution in [2.45, 2.75) is 13.3 Å². The molecule has 0 aliphatic rings. The van der Waals surface area contributed by atoms with Crippen molar-refractivity contribution in [1.29, 1.82) is 0 Å². The highest BCUT2D eigenvalue weighted by atomic mass is 16.5. The Hall–Kier alpha value is -1.90. The predicted octanol–water partition coefficient (Wildman–Crippen LogP) is 2.26. The Morgan fingerprint density at radius 2 is 2.12 bits per heavy atom. The Morgan fingerprint density at radius 3 is 2.88 bits per heavy atom. The lowest BCUT2D eigenvalue weighted by Crippen LogP contribution is -2.07. The van der Waals surface area contributed by atoms with E-state index in [1.807, 2.05) is 37.3 Å². The van der Waals surface area contributed by atoms with Crippen LogP contribution >= 0.6 is 0 Å². The zero-order valence-electron chi connectivity index (χ0n) is 9.36. The molecule has 0 aliphatic carbocycles. The van der Waals surface area contributed by atoms with Gasteiger partial charge < -0.3 is 4.74 Å². The third-order valence-corrected chi connectivity index (χ3v) is 2.49. The zero-order chi connectivity index (χ0) is 11.5. The van der Waals surface area contributed by atoms with E-state index in [9.17, 15) is 4.79 Å². The first-order valence-corrected chi connectivity index (χ1v) is 5.13. The number of fused-ring (bicyclic) bond motifs is 1. The monoisotopic (exact) mass is 215 g/mol. The number of pyridine rings is 1. The van der Waals surface area contributed by atoms with E-state index in [1.165, 1.54) is 7.11 Å². The van der Waals surface area contributed by atoms with E-state index in [1.54, 1.807) is 0 Å². The molecule has 0 amide bonds. The van der Waals surface area contributed by atoms with Crippen LogP contribution < -0.4 is 0 Å². The fourth-order valence-corrected chi connectivity index (χ4v) is 1.76. The normalized spacial score (nSPS) is 10.4. The van der Waals surface area contributed by atoms with Gasteiger partial charge in [-0.2, -0.15) is 0 Å². The number of aryl methyl sites for hydroxylation is 1. The van der Waals surface area contributed by atoms with Crippen molar-refractivity contribution in [3.8, 4) is 0 Å². The number of hydrogen-bond donors (Lipinski definition) is 0. The van der Waals surface area contributed by atoms with Gasteiger partial charge in [-0.15, -0.1) is 0 Å². The van der Waals surface area contributed by atoms with Crippen LogP contribution in [0.4, 0.5) is 0 Å². The highest BCUT2D eigenvalue weighted by Gasteiger charge is 2.08. The first kappa shape index (κ1) is 10.6. The highest BCUT2D eigenvalue weighted by Crippen LogP contribution is 2.18. The number of rotatable bonds is 2. The molecule has 0 saturated carbocycles. The minimum Gasteiger partial charge on any atom is -0.469 e. The Labute approximate surface area is 94.1 Å². The van der Waals surface area contributed by atoms with Gasteiger partial charge in [0.25, 0.3) is 0 Å². The van der Waals surface area contributed by atoms with Crippen molar-refractivity contribution in [1.82, 2.24) is 4.98 Å². The quantitative estimate of drug-likeness (QED) is 0.721. The molecule has 3 heteroatoms. The lowest BCUT2D eigenvalue weighted by atomic mass is 10.1. The Bertz CT molecular complexity index is 534. The summed E-state index contributed by atoms with van der Waals surface area (Å²) in [6.07, 6.45) is 0.221. The number of aromatic nitrogens is 1. The summed E-state index contributed by atoms with van der Waals surface area (Å²) < 4.78 is 4.66. The molecular formula is C13H13NO2. The van der Waals surface area contributed by atoms with Crippen molar-refractivity contribution in [2.24, 2.45) is 0 Å². The van der Waals surface area contributed by atoms with Gasteiger partial charge >= 0.3 is 5.97 Å². The SMILES string of the molecule is COC(=O)Cc1nc(C)cc2ccccc12. The van der Waals surface area contributed by atoms with Crippen LogP contribution in [-0.2, 0) is 16.0 Å². The van der Waals surface area contributed by atoms with Crippen LogP contribution in [-0.4, -0.2) is 18.1 Å². The third kappa shape index (κ3) is 2.03. The molecule has 2 rings (SSSR count). The molecule has 1 heterocycles. The summed E-state index contributed by atoms with van der Waals surface area (Å²) in [4.78, 5) is 15.7. The van der Waals surface area contributed by atoms with Crippen molar-refractivity contribution in [3.05, 3.63) is 41.7 Å². The first-order chi connectivity index (χ1) is 7.70. The molecule has 16 heavy (non-hydrogen) atoms. The van der Waals surface area contributed by atoms with E-state index in [4.69, 9.17) is 0 Å². The van der Waals surface area contributed by atoms with Gasteiger partial charge in [-0.25, -0.2) is 0 Å². The van der Waals surface area contributed by atoms with E-state index in [-0.39, 0.29) is 12.4 Å². The van der Waals surface area contributed by atoms with Crippen LogP contribution in [0.5, 0.6) is 0 Å². The number of carbonyl (C=O) groups excluding carboxylic acids is 1. The van der Waals surface area contributed by atoms with E-state index in [0.717, 1.165) is 22.2 Å². The molecule has 82 valence electrons. The maximum atomic E-state index is 11.3. The van der Waals surface area contributed by atoms with Gasteiger partial charge in [0.2, 0.25) is 0 Å². The van der Waals surface area contributed by atoms with E-state index < -0.39 is 0 Å². The average Bonchev–Trinajstić information content (AvgIpc) is 2.28. The number of hydrogen-bond acceptors (Lipinski definition) is 3. The van der Waals surface area contributed by atoms with Crippen LogP contribution in [0, 0.1) is 6.92 Å². The molecule has 0 radical (unpaired) electrons. The largest absolute Gasteiger partial charge is 0.469 e. The third-order valence-electron chi connectivity index (χ3n) is 2.49. The van der Waals surface area contributed by atoms with Crippen LogP contribution in [0.15, 0.2) is 30.3 Å². The van der Waals surface area contributed by atoms with E-state index in [2.05, 4.69) is 9.72 Å². The minimum absolute atomic E-state index is 0.221. The smallest absolute Gasteiger partial charge is 0.311 e. The maximum Gasteiger partial charge on any atom is 0.311 e. The summed E-state index contributed by atoms with van der Waals surface area (Å²) in [7, 11) is 1.39. The summed E-state index contributed by atoms with van der Waals surface area (Å²) in [5.41, 5.74) is 1.69. The number of ether oxygens (including phenoxy) is 1. The summed E-state index contributed by atoms with van der Waals surface area (Å²) in [6.45, 7) is 1.92. The molecule has 3 nitrogen and oxygen atoms in total. The number of benzene rings is 1. The molecule has 0 unspecified atom stereocenters. The lowest BCUT2D eigenvalue weighted by Gasteiger charge is -2.06. The maximum absolute atomic E-state index is 11.3.